The first-order chi connectivity index (χ1) is 17.9. The van der Waals surface area contributed by atoms with Crippen LogP contribution in [0.25, 0.3) is 0 Å². The van der Waals surface area contributed by atoms with Crippen LogP contribution >= 0.6 is 23.4 Å². The molecule has 1 fully saturated rings. The molecule has 2 aromatic rings. The molecule has 1 saturated heterocycles. The molecule has 0 aromatic carbocycles. The third kappa shape index (κ3) is 7.28. The third-order valence-corrected chi connectivity index (χ3v) is 7.95. The van der Waals surface area contributed by atoms with Gasteiger partial charge >= 0.3 is 12.1 Å². The Morgan fingerprint density at radius 2 is 1.95 bits per heavy atom. The van der Waals surface area contributed by atoms with Crippen LogP contribution in [-0.2, 0) is 9.53 Å². The SMILES string of the molecule is CC1(CNC(=O)OC(C)(C)C)CCN(c2cnc(Sc3ccnc(N[C@H]4C=C(C(=O)O)C4)c3Cl)cn2)CC1. The second-order valence-electron chi connectivity index (χ2n) is 10.9. The number of amides is 1. The molecule has 10 nitrogen and oxygen atoms in total. The minimum absolute atomic E-state index is 0.00900. The van der Waals surface area contributed by atoms with Gasteiger partial charge in [-0.15, -0.1) is 0 Å². The number of halogens is 1. The van der Waals surface area contributed by atoms with E-state index in [0.717, 1.165) is 36.6 Å². The van der Waals surface area contributed by atoms with E-state index in [9.17, 15) is 9.59 Å². The van der Waals surface area contributed by atoms with E-state index in [0.29, 0.717) is 34.4 Å². The average molecular weight is 561 g/mol. The molecule has 2 aromatic heterocycles. The Balaban J connectivity index is 1.29. The van der Waals surface area contributed by atoms with E-state index in [-0.39, 0.29) is 17.6 Å². The number of piperidine rings is 1. The number of pyridine rings is 1. The first kappa shape index (κ1) is 28.0. The molecule has 1 amide bonds. The van der Waals surface area contributed by atoms with Crippen LogP contribution in [0.2, 0.25) is 5.02 Å². The van der Waals surface area contributed by atoms with E-state index in [1.54, 1.807) is 24.7 Å². The van der Waals surface area contributed by atoms with E-state index >= 15 is 0 Å². The summed E-state index contributed by atoms with van der Waals surface area (Å²) >= 11 is 7.95. The van der Waals surface area contributed by atoms with Gasteiger partial charge in [-0.05, 0) is 45.1 Å². The minimum atomic E-state index is -0.901. The Morgan fingerprint density at radius 1 is 1.24 bits per heavy atom. The first-order valence-corrected chi connectivity index (χ1v) is 13.7. The van der Waals surface area contributed by atoms with Crippen LogP contribution in [0.15, 0.2) is 46.2 Å². The number of carbonyl (C=O) groups is 2. The number of nitrogens with zero attached hydrogens (tertiary/aromatic N) is 4. The zero-order valence-electron chi connectivity index (χ0n) is 22.0. The fraction of sp³-hybridized carbons (Fsp3) is 0.500. The Bertz CT molecular complexity index is 1210. The topological polar surface area (TPSA) is 130 Å². The number of nitrogens with one attached hydrogen (secondary N) is 2. The predicted octanol–water partition coefficient (Wildman–Crippen LogP) is 5.00. The van der Waals surface area contributed by atoms with Crippen molar-refractivity contribution in [2.75, 3.05) is 29.9 Å². The van der Waals surface area contributed by atoms with Crippen LogP contribution < -0.4 is 15.5 Å². The van der Waals surface area contributed by atoms with Crippen molar-refractivity contribution < 1.29 is 19.4 Å². The maximum Gasteiger partial charge on any atom is 0.407 e. The summed E-state index contributed by atoms with van der Waals surface area (Å²) in [6, 6.07) is 1.70. The molecule has 2 aliphatic rings. The molecule has 3 N–H and O–H groups in total. The highest BCUT2D eigenvalue weighted by molar-refractivity contribution is 7.99. The Labute approximate surface area is 231 Å². The number of hydrogen-bond donors (Lipinski definition) is 3. The Hall–Kier alpha value is -3.05. The van der Waals surface area contributed by atoms with E-state index < -0.39 is 11.6 Å². The van der Waals surface area contributed by atoms with Gasteiger partial charge in [0.2, 0.25) is 0 Å². The molecule has 3 heterocycles. The van der Waals surface area contributed by atoms with E-state index in [1.165, 1.54) is 11.8 Å². The minimum Gasteiger partial charge on any atom is -0.478 e. The molecule has 0 saturated carbocycles. The molecule has 1 atom stereocenters. The molecular weight excluding hydrogens is 528 g/mol. The van der Waals surface area contributed by atoms with Gasteiger partial charge in [0.05, 0.1) is 23.5 Å². The maximum atomic E-state index is 12.0. The molecule has 0 bridgehead atoms. The summed E-state index contributed by atoms with van der Waals surface area (Å²) in [5.41, 5.74) is -0.137. The standard InChI is InChI=1S/C26H33ClN6O4S/c1-25(2,3)37-24(36)31-15-26(4)6-9-33(10-7-26)19-13-30-20(14-29-19)38-18-5-8-28-22(21(18)27)32-17-11-16(12-17)23(34)35/h5,8,11,13-14,17H,6-7,9-10,12,15H2,1-4H3,(H,28,32)(H,31,36)(H,34,35)/t17-/m0/s1. The van der Waals surface area contributed by atoms with Crippen molar-refractivity contribution in [3.05, 3.63) is 41.3 Å². The van der Waals surface area contributed by atoms with Crippen LogP contribution in [0.3, 0.4) is 0 Å². The van der Waals surface area contributed by atoms with Gasteiger partial charge in [0.15, 0.2) is 0 Å². The highest BCUT2D eigenvalue weighted by Gasteiger charge is 2.32. The van der Waals surface area contributed by atoms with Crippen molar-refractivity contribution in [3.8, 4) is 0 Å². The lowest BCUT2D eigenvalue weighted by Gasteiger charge is -2.40. The third-order valence-electron chi connectivity index (χ3n) is 6.47. The number of alkyl carbamates (subject to hydrolysis) is 1. The molecule has 204 valence electrons. The molecule has 1 aliphatic heterocycles. The summed E-state index contributed by atoms with van der Waals surface area (Å²) in [4.78, 5) is 39.5. The van der Waals surface area contributed by atoms with Gasteiger partial charge in [0.1, 0.15) is 22.3 Å². The second kappa shape index (κ2) is 11.4. The van der Waals surface area contributed by atoms with E-state index in [1.807, 2.05) is 26.8 Å². The molecule has 0 spiro atoms. The molecular formula is C26H33ClN6O4S. The first-order valence-electron chi connectivity index (χ1n) is 12.5. The zero-order chi connectivity index (χ0) is 27.5. The highest BCUT2D eigenvalue weighted by Crippen LogP contribution is 2.37. The van der Waals surface area contributed by atoms with Crippen molar-refractivity contribution in [3.63, 3.8) is 0 Å². The predicted molar refractivity (Wildman–Crippen MR) is 147 cm³/mol. The van der Waals surface area contributed by atoms with Crippen molar-refractivity contribution in [1.82, 2.24) is 20.3 Å². The summed E-state index contributed by atoms with van der Waals surface area (Å²) in [6.45, 7) is 9.94. The molecule has 12 heteroatoms. The fourth-order valence-corrected chi connectivity index (χ4v) is 5.20. The smallest absolute Gasteiger partial charge is 0.407 e. The van der Waals surface area contributed by atoms with Crippen molar-refractivity contribution in [1.29, 1.82) is 0 Å². The van der Waals surface area contributed by atoms with Crippen molar-refractivity contribution in [2.45, 2.75) is 68.5 Å². The van der Waals surface area contributed by atoms with E-state index in [4.69, 9.17) is 21.4 Å². The quantitative estimate of drug-likeness (QED) is 0.405. The second-order valence-corrected chi connectivity index (χ2v) is 12.3. The lowest BCUT2D eigenvalue weighted by atomic mass is 9.80. The summed E-state index contributed by atoms with van der Waals surface area (Å²) < 4.78 is 5.35. The Morgan fingerprint density at radius 3 is 2.55 bits per heavy atom. The summed E-state index contributed by atoms with van der Waals surface area (Å²) in [6.07, 6.45) is 8.67. The van der Waals surface area contributed by atoms with Crippen LogP contribution in [0.1, 0.15) is 47.0 Å². The highest BCUT2D eigenvalue weighted by atomic mass is 35.5. The lowest BCUT2D eigenvalue weighted by Crippen LogP contribution is -2.45. The zero-order valence-corrected chi connectivity index (χ0v) is 23.5. The van der Waals surface area contributed by atoms with Crippen molar-refractivity contribution >= 4 is 47.1 Å². The monoisotopic (exact) mass is 560 g/mol. The number of carboxylic acid groups (broad SMARTS) is 1. The lowest BCUT2D eigenvalue weighted by molar-refractivity contribution is -0.133. The summed E-state index contributed by atoms with van der Waals surface area (Å²) in [7, 11) is 0. The van der Waals surface area contributed by atoms with Crippen LogP contribution in [0.4, 0.5) is 16.4 Å². The number of hydrogen-bond acceptors (Lipinski definition) is 9. The molecule has 4 rings (SSSR count). The molecule has 1 aliphatic carbocycles. The number of rotatable bonds is 8. The molecule has 0 radical (unpaired) electrons. The maximum absolute atomic E-state index is 12.0. The number of carboxylic acids is 1. The van der Waals surface area contributed by atoms with Crippen LogP contribution in [-0.4, -0.2) is 63.4 Å². The van der Waals surface area contributed by atoms with Gasteiger partial charge in [0.25, 0.3) is 0 Å². The number of aromatic nitrogens is 3. The molecule has 0 unspecified atom stereocenters. The number of ether oxygens (including phenoxy) is 1. The van der Waals surface area contributed by atoms with E-state index in [2.05, 4.69) is 37.4 Å². The normalized spacial score (nSPS) is 18.7. The van der Waals surface area contributed by atoms with Gasteiger partial charge in [-0.25, -0.2) is 24.5 Å². The van der Waals surface area contributed by atoms with Crippen LogP contribution in [0.5, 0.6) is 0 Å². The van der Waals surface area contributed by atoms with Gasteiger partial charge in [-0.3, -0.25) is 0 Å². The van der Waals surface area contributed by atoms with Crippen molar-refractivity contribution in [2.24, 2.45) is 5.41 Å². The number of anilines is 2. The van der Waals surface area contributed by atoms with Gasteiger partial charge in [-0.2, -0.15) is 0 Å². The van der Waals surface area contributed by atoms with Gasteiger partial charge in [0, 0.05) is 42.7 Å². The average Bonchev–Trinajstić information content (AvgIpc) is 2.82. The summed E-state index contributed by atoms with van der Waals surface area (Å²) in [5.74, 6) is 0.414. The van der Waals surface area contributed by atoms with Gasteiger partial charge in [-0.1, -0.05) is 36.4 Å². The number of carbonyl (C=O) groups excluding carboxylic acids is 1. The fourth-order valence-electron chi connectivity index (χ4n) is 4.17. The van der Waals surface area contributed by atoms with Crippen LogP contribution in [0, 0.1) is 5.41 Å². The largest absolute Gasteiger partial charge is 0.478 e. The molecule has 38 heavy (non-hydrogen) atoms. The number of aliphatic carboxylic acids is 1. The Kier molecular flexibility index (Phi) is 8.37. The summed E-state index contributed by atoms with van der Waals surface area (Å²) in [5, 5.41) is 16.2. The van der Waals surface area contributed by atoms with Gasteiger partial charge < -0.3 is 25.4 Å².